The second-order valence-corrected chi connectivity index (χ2v) is 6.36. The summed E-state index contributed by atoms with van der Waals surface area (Å²) < 4.78 is 16.1. The largest absolute Gasteiger partial charge is 0.493 e. The maximum absolute atomic E-state index is 12.1. The third-order valence-corrected chi connectivity index (χ3v) is 3.37. The van der Waals surface area contributed by atoms with Crippen molar-refractivity contribution >= 4 is 12.4 Å². The molecule has 1 aromatic rings. The van der Waals surface area contributed by atoms with Gasteiger partial charge in [0.15, 0.2) is 11.5 Å². The Balaban J connectivity index is 0.000000891. The number of rotatable bonds is 2. The van der Waals surface area contributed by atoms with Gasteiger partial charge in [0.05, 0.1) is 14.2 Å². The van der Waals surface area contributed by atoms with Gasteiger partial charge < -0.3 is 23.9 Å². The first kappa shape index (κ1) is 19.8. The Morgan fingerprint density at radius 3 is 2.08 bits per heavy atom. The summed E-state index contributed by atoms with van der Waals surface area (Å²) in [7, 11) is 3.23. The summed E-state index contributed by atoms with van der Waals surface area (Å²) in [5, 5.41) is 0. The van der Waals surface area contributed by atoms with Crippen molar-refractivity contribution in [3.8, 4) is 11.5 Å². The number of carbonyl (C=O) groups is 2. The highest BCUT2D eigenvalue weighted by Gasteiger charge is 2.26. The molecule has 0 bridgehead atoms. The average molecular weight is 337 g/mol. The number of amides is 1. The van der Waals surface area contributed by atoms with Crippen LogP contribution < -0.4 is 9.47 Å². The van der Waals surface area contributed by atoms with E-state index >= 15 is 0 Å². The minimum absolute atomic E-state index is 0.275. The van der Waals surface area contributed by atoms with E-state index in [9.17, 15) is 4.79 Å². The zero-order chi connectivity index (χ0) is 18.3. The normalized spacial score (nSPS) is 13.2. The molecule has 134 valence electrons. The van der Waals surface area contributed by atoms with Crippen LogP contribution in [0.15, 0.2) is 12.1 Å². The summed E-state index contributed by atoms with van der Waals surface area (Å²) in [5.74, 6) is 1.41. The maximum Gasteiger partial charge on any atom is 0.410 e. The molecule has 0 aromatic heterocycles. The fraction of sp³-hybridized carbons (Fsp3) is 0.556. The first-order valence-corrected chi connectivity index (χ1v) is 7.87. The molecule has 1 aromatic carbocycles. The van der Waals surface area contributed by atoms with Gasteiger partial charge in [0.2, 0.25) is 0 Å². The quantitative estimate of drug-likeness (QED) is 0.775. The van der Waals surface area contributed by atoms with Gasteiger partial charge in [0.1, 0.15) is 11.9 Å². The van der Waals surface area contributed by atoms with Crippen molar-refractivity contribution in [2.24, 2.45) is 0 Å². The molecular weight excluding hydrogens is 310 g/mol. The molecule has 6 heteroatoms. The second kappa shape index (κ2) is 8.57. The van der Waals surface area contributed by atoms with Crippen LogP contribution in [0.5, 0.6) is 11.5 Å². The molecule has 1 aliphatic heterocycles. The molecule has 0 unspecified atom stereocenters. The Morgan fingerprint density at radius 2 is 1.62 bits per heavy atom. The average Bonchev–Trinajstić information content (AvgIpc) is 2.52. The fourth-order valence-corrected chi connectivity index (χ4v) is 2.37. The Kier molecular flexibility index (Phi) is 7.07. The standard InChI is InChI=1S/C16H23NO4.C2H4O/c1-16(2,3)21-15(18)17-7-6-11-8-13(19-4)14(20-5)9-12(11)10-17;1-2-3/h8-9H,6-7,10H2,1-5H3;2H,1H3. The molecule has 0 N–H and O–H groups in total. The smallest absolute Gasteiger partial charge is 0.410 e. The van der Waals surface area contributed by atoms with Gasteiger partial charge in [-0.05, 0) is 57.4 Å². The summed E-state index contributed by atoms with van der Waals surface area (Å²) >= 11 is 0. The van der Waals surface area contributed by atoms with Crippen LogP contribution in [0, 0.1) is 0 Å². The Morgan fingerprint density at radius 1 is 1.12 bits per heavy atom. The summed E-state index contributed by atoms with van der Waals surface area (Å²) in [5.41, 5.74) is 1.78. The minimum Gasteiger partial charge on any atom is -0.493 e. The van der Waals surface area contributed by atoms with E-state index in [0.29, 0.717) is 18.8 Å². The first-order valence-electron chi connectivity index (χ1n) is 7.87. The summed E-state index contributed by atoms with van der Waals surface area (Å²) in [6, 6.07) is 3.92. The van der Waals surface area contributed by atoms with Gasteiger partial charge in [-0.1, -0.05) is 0 Å². The van der Waals surface area contributed by atoms with Crippen molar-refractivity contribution < 1.29 is 23.8 Å². The number of benzene rings is 1. The van der Waals surface area contributed by atoms with Crippen LogP contribution in [-0.2, 0) is 22.5 Å². The molecule has 0 aliphatic carbocycles. The van der Waals surface area contributed by atoms with E-state index in [1.165, 1.54) is 12.5 Å². The lowest BCUT2D eigenvalue weighted by Gasteiger charge is -2.31. The summed E-state index contributed by atoms with van der Waals surface area (Å²) in [4.78, 5) is 22.7. The van der Waals surface area contributed by atoms with Gasteiger partial charge in [-0.25, -0.2) is 4.79 Å². The van der Waals surface area contributed by atoms with Gasteiger partial charge in [0.25, 0.3) is 0 Å². The highest BCUT2D eigenvalue weighted by molar-refractivity contribution is 5.69. The highest BCUT2D eigenvalue weighted by atomic mass is 16.6. The van der Waals surface area contributed by atoms with Gasteiger partial charge in [-0.2, -0.15) is 0 Å². The zero-order valence-electron chi connectivity index (χ0n) is 15.3. The fourth-order valence-electron chi connectivity index (χ4n) is 2.37. The third-order valence-electron chi connectivity index (χ3n) is 3.37. The predicted octanol–water partition coefficient (Wildman–Crippen LogP) is 3.20. The molecule has 0 saturated heterocycles. The van der Waals surface area contributed by atoms with Gasteiger partial charge >= 0.3 is 6.09 Å². The molecule has 0 fully saturated rings. The number of carbonyl (C=O) groups excluding carboxylic acids is 2. The van der Waals surface area contributed by atoms with E-state index in [1.54, 1.807) is 19.1 Å². The minimum atomic E-state index is -0.477. The molecule has 0 saturated carbocycles. The van der Waals surface area contributed by atoms with Crippen molar-refractivity contribution in [2.75, 3.05) is 20.8 Å². The van der Waals surface area contributed by atoms with Crippen molar-refractivity contribution in [3.05, 3.63) is 23.3 Å². The van der Waals surface area contributed by atoms with Crippen LogP contribution in [0.4, 0.5) is 4.79 Å². The van der Waals surface area contributed by atoms with E-state index in [4.69, 9.17) is 19.0 Å². The van der Waals surface area contributed by atoms with Gasteiger partial charge in [0, 0.05) is 13.1 Å². The Labute approximate surface area is 143 Å². The Hall–Kier alpha value is -2.24. The molecule has 6 nitrogen and oxygen atoms in total. The van der Waals surface area contributed by atoms with E-state index in [2.05, 4.69) is 0 Å². The van der Waals surface area contributed by atoms with Crippen molar-refractivity contribution in [1.29, 1.82) is 0 Å². The van der Waals surface area contributed by atoms with E-state index < -0.39 is 5.60 Å². The number of ether oxygens (including phenoxy) is 3. The molecule has 24 heavy (non-hydrogen) atoms. The number of fused-ring (bicyclic) bond motifs is 1. The second-order valence-electron chi connectivity index (χ2n) is 6.36. The number of nitrogens with zero attached hydrogens (tertiary/aromatic N) is 1. The molecular formula is C18H27NO5. The number of aldehydes is 1. The molecule has 2 rings (SSSR count). The Bertz CT molecular complexity index is 578. The molecule has 1 heterocycles. The lowest BCUT2D eigenvalue weighted by Crippen LogP contribution is -2.39. The summed E-state index contributed by atoms with van der Waals surface area (Å²) in [6.07, 6.45) is 1.26. The van der Waals surface area contributed by atoms with Crippen LogP contribution in [0.1, 0.15) is 38.8 Å². The SMILES string of the molecule is CC=O.COc1cc2c(cc1OC)CN(C(=O)OC(C)(C)C)CC2. The number of methoxy groups -OCH3 is 2. The topological polar surface area (TPSA) is 65.1 Å². The van der Waals surface area contributed by atoms with Crippen LogP contribution in [0.25, 0.3) is 0 Å². The third kappa shape index (κ3) is 5.44. The van der Waals surface area contributed by atoms with E-state index in [0.717, 1.165) is 24.0 Å². The van der Waals surface area contributed by atoms with Crippen LogP contribution >= 0.6 is 0 Å². The number of hydrogen-bond donors (Lipinski definition) is 0. The van der Waals surface area contributed by atoms with E-state index in [1.807, 2.05) is 32.9 Å². The molecule has 0 radical (unpaired) electrons. The zero-order valence-corrected chi connectivity index (χ0v) is 15.3. The molecule has 0 atom stereocenters. The molecule has 1 amide bonds. The monoisotopic (exact) mass is 337 g/mol. The van der Waals surface area contributed by atoms with Crippen molar-refractivity contribution in [3.63, 3.8) is 0 Å². The molecule has 1 aliphatic rings. The first-order chi connectivity index (χ1) is 11.3. The van der Waals surface area contributed by atoms with Gasteiger partial charge in [-0.15, -0.1) is 0 Å². The predicted molar refractivity (Wildman–Crippen MR) is 91.6 cm³/mol. The lowest BCUT2D eigenvalue weighted by atomic mass is 9.99. The maximum atomic E-state index is 12.1. The van der Waals surface area contributed by atoms with Crippen LogP contribution in [0.3, 0.4) is 0 Å². The molecule has 0 spiro atoms. The van der Waals surface area contributed by atoms with Crippen LogP contribution in [0.2, 0.25) is 0 Å². The van der Waals surface area contributed by atoms with Crippen molar-refractivity contribution in [1.82, 2.24) is 4.90 Å². The van der Waals surface area contributed by atoms with Crippen LogP contribution in [-0.4, -0.2) is 43.6 Å². The lowest BCUT2D eigenvalue weighted by molar-refractivity contribution is -0.106. The van der Waals surface area contributed by atoms with Gasteiger partial charge in [-0.3, -0.25) is 0 Å². The number of hydrogen-bond acceptors (Lipinski definition) is 5. The summed E-state index contributed by atoms with van der Waals surface area (Å²) in [6.45, 7) is 8.24. The van der Waals surface area contributed by atoms with Crippen molar-refractivity contribution in [2.45, 2.75) is 46.3 Å². The highest BCUT2D eigenvalue weighted by Crippen LogP contribution is 2.33. The van der Waals surface area contributed by atoms with E-state index in [-0.39, 0.29) is 6.09 Å².